The highest BCUT2D eigenvalue weighted by Gasteiger charge is 2.50. The maximum absolute atomic E-state index is 12.0. The lowest BCUT2D eigenvalue weighted by Crippen LogP contribution is -2.66. The summed E-state index contributed by atoms with van der Waals surface area (Å²) in [5.74, 6) is 0.193. The Bertz CT molecular complexity index is 746. The average Bonchev–Trinajstić information content (AvgIpc) is 2.71. The van der Waals surface area contributed by atoms with Gasteiger partial charge in [-0.05, 0) is 21.8 Å². The lowest BCUT2D eigenvalue weighted by molar-refractivity contribution is -0.185. The van der Waals surface area contributed by atoms with E-state index in [1.54, 1.807) is 7.11 Å². The quantitative estimate of drug-likeness (QED) is 0.651. The molecule has 1 fully saturated rings. The third kappa shape index (κ3) is 4.86. The van der Waals surface area contributed by atoms with Gasteiger partial charge in [0, 0.05) is 20.1 Å². The van der Waals surface area contributed by atoms with Gasteiger partial charge in [-0.15, -0.1) is 0 Å². The van der Waals surface area contributed by atoms with Crippen LogP contribution in [0.25, 0.3) is 0 Å². The number of hydrogen-bond donors (Lipinski definition) is 0. The second kappa shape index (κ2) is 9.35. The Morgan fingerprint density at radius 3 is 2.00 bits per heavy atom. The molecule has 0 radical (unpaired) electrons. The van der Waals surface area contributed by atoms with Crippen molar-refractivity contribution in [3.8, 4) is 0 Å². The molecule has 1 saturated heterocycles. The summed E-state index contributed by atoms with van der Waals surface area (Å²) in [7, 11) is -0.965. The van der Waals surface area contributed by atoms with E-state index in [1.807, 2.05) is 12.1 Å². The van der Waals surface area contributed by atoms with Crippen molar-refractivity contribution >= 4 is 24.5 Å². The highest BCUT2D eigenvalue weighted by molar-refractivity contribution is 6.99. The summed E-state index contributed by atoms with van der Waals surface area (Å²) >= 11 is 0. The molecule has 2 aromatic carbocycles. The van der Waals surface area contributed by atoms with Gasteiger partial charge in [-0.1, -0.05) is 81.4 Å². The molecule has 29 heavy (non-hydrogen) atoms. The van der Waals surface area contributed by atoms with Crippen molar-refractivity contribution in [2.75, 3.05) is 13.7 Å². The highest BCUT2D eigenvalue weighted by atomic mass is 28.4. The zero-order valence-corrected chi connectivity index (χ0v) is 18.9. The lowest BCUT2D eigenvalue weighted by atomic mass is 10.0. The molecule has 3 rings (SSSR count). The first-order valence-corrected chi connectivity index (χ1v) is 12.2. The Morgan fingerprint density at radius 2 is 1.52 bits per heavy atom. The van der Waals surface area contributed by atoms with Crippen LogP contribution in [-0.2, 0) is 18.7 Å². The van der Waals surface area contributed by atoms with Crippen molar-refractivity contribution in [3.63, 3.8) is 0 Å². The molecular formula is C24H32O4Si. The number of hydrogen-bond acceptors (Lipinski definition) is 4. The molecule has 1 aliphatic rings. The molecule has 0 amide bonds. The number of carbonyl (C=O) groups is 1. The molecule has 0 bridgehead atoms. The van der Waals surface area contributed by atoms with Gasteiger partial charge in [0.05, 0.1) is 12.5 Å². The molecule has 0 N–H and O–H groups in total. The minimum absolute atomic E-state index is 0.0615. The summed E-state index contributed by atoms with van der Waals surface area (Å²) in [6, 6.07) is 21.2. The SMILES string of the molecule is CO[C@@H]1CC(=O)C[C@H](CCO[Si](c2ccccc2)(c2ccccc2)C(C)(C)C)O1. The van der Waals surface area contributed by atoms with E-state index in [2.05, 4.69) is 69.3 Å². The summed E-state index contributed by atoms with van der Waals surface area (Å²) < 4.78 is 18.0. The molecule has 2 aromatic rings. The fraction of sp³-hybridized carbons (Fsp3) is 0.458. The van der Waals surface area contributed by atoms with E-state index in [0.29, 0.717) is 25.9 Å². The van der Waals surface area contributed by atoms with E-state index in [1.165, 1.54) is 10.4 Å². The van der Waals surface area contributed by atoms with E-state index in [-0.39, 0.29) is 16.9 Å². The fourth-order valence-electron chi connectivity index (χ4n) is 4.25. The maximum atomic E-state index is 12.0. The smallest absolute Gasteiger partial charge is 0.261 e. The highest BCUT2D eigenvalue weighted by Crippen LogP contribution is 2.37. The van der Waals surface area contributed by atoms with E-state index >= 15 is 0 Å². The number of rotatable bonds is 7. The van der Waals surface area contributed by atoms with E-state index < -0.39 is 14.6 Å². The number of Topliss-reactive ketones (excluding diaryl/α,β-unsaturated/α-hetero) is 1. The van der Waals surface area contributed by atoms with Crippen LogP contribution in [-0.4, -0.2) is 40.2 Å². The Hall–Kier alpha value is -1.79. The van der Waals surface area contributed by atoms with Crippen LogP contribution >= 0.6 is 0 Å². The van der Waals surface area contributed by atoms with Crippen LogP contribution in [0.5, 0.6) is 0 Å². The van der Waals surface area contributed by atoms with Gasteiger partial charge < -0.3 is 13.9 Å². The van der Waals surface area contributed by atoms with Crippen molar-refractivity contribution in [1.82, 2.24) is 0 Å². The number of benzene rings is 2. The zero-order chi connectivity index (χ0) is 20.9. The van der Waals surface area contributed by atoms with Crippen molar-refractivity contribution in [1.29, 1.82) is 0 Å². The summed E-state index contributed by atoms with van der Waals surface area (Å²) in [5, 5.41) is 2.46. The molecule has 1 aliphatic heterocycles. The van der Waals surface area contributed by atoms with Crippen LogP contribution in [0.2, 0.25) is 5.04 Å². The first-order chi connectivity index (χ1) is 13.9. The molecule has 0 aliphatic carbocycles. The third-order valence-electron chi connectivity index (χ3n) is 5.63. The summed E-state index contributed by atoms with van der Waals surface area (Å²) in [4.78, 5) is 12.0. The minimum atomic E-state index is -2.55. The predicted molar refractivity (Wildman–Crippen MR) is 118 cm³/mol. The molecule has 0 aromatic heterocycles. The molecule has 5 heteroatoms. The second-order valence-corrected chi connectivity index (χ2v) is 13.0. The molecule has 0 saturated carbocycles. The second-order valence-electron chi connectivity index (χ2n) is 8.67. The lowest BCUT2D eigenvalue weighted by Gasteiger charge is -2.43. The minimum Gasteiger partial charge on any atom is -0.407 e. The van der Waals surface area contributed by atoms with Crippen molar-refractivity contribution in [2.24, 2.45) is 0 Å². The van der Waals surface area contributed by atoms with Crippen LogP contribution in [0.15, 0.2) is 60.7 Å². The summed E-state index contributed by atoms with van der Waals surface area (Å²) in [6.07, 6.45) is 0.858. The van der Waals surface area contributed by atoms with Crippen LogP contribution in [0.3, 0.4) is 0 Å². The monoisotopic (exact) mass is 412 g/mol. The van der Waals surface area contributed by atoms with Gasteiger partial charge in [0.25, 0.3) is 8.32 Å². The van der Waals surface area contributed by atoms with Gasteiger partial charge in [0.1, 0.15) is 5.78 Å². The normalized spacial score (nSPS) is 20.6. The number of ether oxygens (including phenoxy) is 2. The first kappa shape index (κ1) is 21.9. The predicted octanol–water partition coefficient (Wildman–Crippen LogP) is 3.67. The summed E-state index contributed by atoms with van der Waals surface area (Å²) in [5.41, 5.74) is 0. The van der Waals surface area contributed by atoms with Gasteiger partial charge in [-0.25, -0.2) is 0 Å². The first-order valence-electron chi connectivity index (χ1n) is 10.3. The molecular weight excluding hydrogens is 380 g/mol. The van der Waals surface area contributed by atoms with E-state index in [4.69, 9.17) is 13.9 Å². The topological polar surface area (TPSA) is 44.8 Å². The van der Waals surface area contributed by atoms with Crippen molar-refractivity contribution in [2.45, 2.75) is 57.5 Å². The van der Waals surface area contributed by atoms with E-state index in [9.17, 15) is 4.79 Å². The van der Waals surface area contributed by atoms with Crippen molar-refractivity contribution in [3.05, 3.63) is 60.7 Å². The number of methoxy groups -OCH3 is 1. The van der Waals surface area contributed by atoms with Gasteiger partial charge in [0.2, 0.25) is 0 Å². The average molecular weight is 413 g/mol. The Morgan fingerprint density at radius 1 is 0.966 bits per heavy atom. The maximum Gasteiger partial charge on any atom is 0.261 e. The number of ketones is 1. The van der Waals surface area contributed by atoms with Crippen molar-refractivity contribution < 1.29 is 18.7 Å². The zero-order valence-electron chi connectivity index (χ0n) is 17.9. The largest absolute Gasteiger partial charge is 0.407 e. The Balaban J connectivity index is 1.87. The third-order valence-corrected chi connectivity index (χ3v) is 10.7. The molecule has 0 spiro atoms. The molecule has 2 atom stereocenters. The standard InChI is InChI=1S/C24H32O4Si/c1-24(2,3)29(21-11-7-5-8-12-21,22-13-9-6-10-14-22)27-16-15-20-17-19(25)18-23(26-4)28-20/h5-14,20,23H,15-18H2,1-4H3/t20-,23-/m0/s1. The van der Waals surface area contributed by atoms with Crippen LogP contribution < -0.4 is 10.4 Å². The molecule has 4 nitrogen and oxygen atoms in total. The van der Waals surface area contributed by atoms with Crippen LogP contribution in [0.1, 0.15) is 40.0 Å². The van der Waals surface area contributed by atoms with Crippen LogP contribution in [0, 0.1) is 0 Å². The fourth-order valence-corrected chi connectivity index (χ4v) is 8.83. The number of carbonyl (C=O) groups excluding carboxylic acids is 1. The van der Waals surface area contributed by atoms with Gasteiger partial charge in [-0.3, -0.25) is 4.79 Å². The Labute approximate surface area is 175 Å². The summed E-state index contributed by atoms with van der Waals surface area (Å²) in [6.45, 7) is 7.34. The molecule has 156 valence electrons. The molecule has 0 unspecified atom stereocenters. The van der Waals surface area contributed by atoms with Gasteiger partial charge in [-0.2, -0.15) is 0 Å². The Kier molecular flexibility index (Phi) is 7.06. The van der Waals surface area contributed by atoms with E-state index in [0.717, 1.165) is 0 Å². The van der Waals surface area contributed by atoms with Gasteiger partial charge in [0.15, 0.2) is 6.29 Å². The van der Waals surface area contributed by atoms with Gasteiger partial charge >= 0.3 is 0 Å². The molecule has 1 heterocycles. The van der Waals surface area contributed by atoms with Crippen LogP contribution in [0.4, 0.5) is 0 Å².